The Morgan fingerprint density at radius 1 is 1.33 bits per heavy atom. The van der Waals surface area contributed by atoms with Gasteiger partial charge in [0.15, 0.2) is 0 Å². The Balaban J connectivity index is 2.69. The minimum Gasteiger partial charge on any atom is -0.392 e. The molecular formula is C13H13NO. The molecule has 2 aromatic rings. The molecule has 0 saturated carbocycles. The second-order valence-electron chi connectivity index (χ2n) is 3.62. The predicted octanol–water partition coefficient (Wildman–Crippen LogP) is 2.76. The first-order chi connectivity index (χ1) is 7.22. The van der Waals surface area contributed by atoms with Crippen LogP contribution in [0.4, 0.5) is 0 Å². The molecule has 15 heavy (non-hydrogen) atoms. The van der Waals surface area contributed by atoms with Crippen molar-refractivity contribution in [2.24, 2.45) is 0 Å². The Morgan fingerprint density at radius 3 is 2.80 bits per heavy atom. The van der Waals surface area contributed by atoms with E-state index < -0.39 is 0 Å². The molecule has 1 aromatic carbocycles. The van der Waals surface area contributed by atoms with Gasteiger partial charge < -0.3 is 5.11 Å². The third-order valence-corrected chi connectivity index (χ3v) is 2.43. The maximum atomic E-state index is 9.17. The molecule has 0 fully saturated rings. The molecule has 0 aliphatic carbocycles. The summed E-state index contributed by atoms with van der Waals surface area (Å²) in [5.41, 5.74) is 3.67. The summed E-state index contributed by atoms with van der Waals surface area (Å²) in [5, 5.41) is 10.2. The van der Waals surface area contributed by atoms with Crippen LogP contribution < -0.4 is 0 Å². The van der Waals surface area contributed by atoms with Crippen molar-refractivity contribution >= 4 is 16.5 Å². The van der Waals surface area contributed by atoms with Gasteiger partial charge in [0.25, 0.3) is 0 Å². The minimum absolute atomic E-state index is 0.0471. The van der Waals surface area contributed by atoms with Gasteiger partial charge in [-0.1, -0.05) is 24.8 Å². The summed E-state index contributed by atoms with van der Waals surface area (Å²) in [7, 11) is 0. The Bertz CT molecular complexity index is 517. The van der Waals surface area contributed by atoms with Crippen molar-refractivity contribution in [2.75, 3.05) is 0 Å². The number of aliphatic hydroxyl groups is 1. The number of allylic oxidation sites excluding steroid dienone is 1. The molecule has 0 bridgehead atoms. The van der Waals surface area contributed by atoms with Crippen LogP contribution in [0.25, 0.3) is 16.5 Å². The highest BCUT2D eigenvalue weighted by Crippen LogP contribution is 2.19. The first-order valence-electron chi connectivity index (χ1n) is 4.88. The van der Waals surface area contributed by atoms with E-state index in [-0.39, 0.29) is 6.61 Å². The third-order valence-electron chi connectivity index (χ3n) is 2.43. The van der Waals surface area contributed by atoms with E-state index in [0.29, 0.717) is 0 Å². The molecule has 2 heteroatoms. The van der Waals surface area contributed by atoms with Crippen LogP contribution >= 0.6 is 0 Å². The zero-order valence-corrected chi connectivity index (χ0v) is 8.70. The van der Waals surface area contributed by atoms with Crippen LogP contribution in [-0.4, -0.2) is 10.1 Å². The average molecular weight is 199 g/mol. The van der Waals surface area contributed by atoms with E-state index in [1.165, 1.54) is 0 Å². The molecular weight excluding hydrogens is 186 g/mol. The van der Waals surface area contributed by atoms with Crippen molar-refractivity contribution in [1.82, 2.24) is 4.98 Å². The van der Waals surface area contributed by atoms with Crippen LogP contribution in [0.1, 0.15) is 18.2 Å². The van der Waals surface area contributed by atoms with Gasteiger partial charge in [-0.2, -0.15) is 0 Å². The zero-order valence-electron chi connectivity index (χ0n) is 8.70. The number of hydrogen-bond donors (Lipinski definition) is 1. The molecule has 76 valence electrons. The maximum absolute atomic E-state index is 9.17. The average Bonchev–Trinajstić information content (AvgIpc) is 2.27. The lowest BCUT2D eigenvalue weighted by Gasteiger charge is -2.05. The number of benzene rings is 1. The second-order valence-corrected chi connectivity index (χ2v) is 3.62. The third kappa shape index (κ3) is 1.76. The van der Waals surface area contributed by atoms with Crippen LogP contribution in [0.5, 0.6) is 0 Å². The molecule has 0 amide bonds. The minimum atomic E-state index is 0.0471. The summed E-state index contributed by atoms with van der Waals surface area (Å²) in [4.78, 5) is 4.47. The zero-order chi connectivity index (χ0) is 10.8. The Hall–Kier alpha value is -1.67. The van der Waals surface area contributed by atoms with Crippen molar-refractivity contribution in [2.45, 2.75) is 13.5 Å². The number of rotatable bonds is 2. The molecule has 0 aliphatic rings. The van der Waals surface area contributed by atoms with Crippen LogP contribution in [-0.2, 0) is 6.61 Å². The second kappa shape index (κ2) is 3.83. The molecule has 1 heterocycles. The summed E-state index contributed by atoms with van der Waals surface area (Å²) in [6.07, 6.45) is 0. The van der Waals surface area contributed by atoms with Gasteiger partial charge in [-0.3, -0.25) is 0 Å². The van der Waals surface area contributed by atoms with Gasteiger partial charge in [-0.15, -0.1) is 0 Å². The summed E-state index contributed by atoms with van der Waals surface area (Å²) in [6, 6.07) is 9.68. The number of hydrogen-bond acceptors (Lipinski definition) is 2. The normalized spacial score (nSPS) is 10.5. The first-order valence-corrected chi connectivity index (χ1v) is 4.88. The monoisotopic (exact) mass is 199 g/mol. The smallest absolute Gasteiger partial charge is 0.0713 e. The molecule has 1 N–H and O–H groups in total. The van der Waals surface area contributed by atoms with Crippen LogP contribution in [0.3, 0.4) is 0 Å². The molecule has 1 aromatic heterocycles. The van der Waals surface area contributed by atoms with E-state index in [1.807, 2.05) is 37.3 Å². The lowest BCUT2D eigenvalue weighted by molar-refractivity contribution is 0.283. The van der Waals surface area contributed by atoms with Crippen molar-refractivity contribution in [3.63, 3.8) is 0 Å². The van der Waals surface area contributed by atoms with Crippen LogP contribution in [0.15, 0.2) is 36.9 Å². The van der Waals surface area contributed by atoms with E-state index in [4.69, 9.17) is 5.11 Å². The van der Waals surface area contributed by atoms with Crippen molar-refractivity contribution in [3.8, 4) is 0 Å². The SMILES string of the molecule is C=C(C)c1ccc2c(CO)cccc2n1. The van der Waals surface area contributed by atoms with E-state index >= 15 is 0 Å². The van der Waals surface area contributed by atoms with Gasteiger partial charge in [0.2, 0.25) is 0 Å². The number of aromatic nitrogens is 1. The highest BCUT2D eigenvalue weighted by Gasteiger charge is 2.02. The fourth-order valence-electron chi connectivity index (χ4n) is 1.59. The summed E-state index contributed by atoms with van der Waals surface area (Å²) in [6.45, 7) is 5.84. The summed E-state index contributed by atoms with van der Waals surface area (Å²) in [5.74, 6) is 0. The standard InChI is InChI=1S/C13H13NO/c1-9(2)12-7-6-11-10(8-15)4-3-5-13(11)14-12/h3-7,15H,1,8H2,2H3. The van der Waals surface area contributed by atoms with Crippen molar-refractivity contribution in [3.05, 3.63) is 48.2 Å². The number of fused-ring (bicyclic) bond motifs is 1. The lowest BCUT2D eigenvalue weighted by atomic mass is 10.1. The molecule has 0 radical (unpaired) electrons. The van der Waals surface area contributed by atoms with E-state index in [9.17, 15) is 0 Å². The number of nitrogens with zero attached hydrogens (tertiary/aromatic N) is 1. The maximum Gasteiger partial charge on any atom is 0.0713 e. The molecule has 2 rings (SSSR count). The van der Waals surface area contributed by atoms with Crippen molar-refractivity contribution < 1.29 is 5.11 Å². The van der Waals surface area contributed by atoms with Gasteiger partial charge in [-0.25, -0.2) is 4.98 Å². The fourth-order valence-corrected chi connectivity index (χ4v) is 1.59. The Morgan fingerprint density at radius 2 is 2.13 bits per heavy atom. The van der Waals surface area contributed by atoms with Crippen molar-refractivity contribution in [1.29, 1.82) is 0 Å². The molecule has 0 saturated heterocycles. The van der Waals surface area contributed by atoms with Crippen LogP contribution in [0, 0.1) is 0 Å². The number of pyridine rings is 1. The lowest BCUT2D eigenvalue weighted by Crippen LogP contribution is -1.90. The van der Waals surface area contributed by atoms with Gasteiger partial charge in [-0.05, 0) is 30.2 Å². The highest BCUT2D eigenvalue weighted by atomic mass is 16.3. The highest BCUT2D eigenvalue weighted by molar-refractivity contribution is 5.83. The molecule has 0 unspecified atom stereocenters. The van der Waals surface area contributed by atoms with E-state index in [0.717, 1.165) is 27.7 Å². The Kier molecular flexibility index (Phi) is 2.52. The van der Waals surface area contributed by atoms with E-state index in [2.05, 4.69) is 11.6 Å². The topological polar surface area (TPSA) is 33.1 Å². The predicted molar refractivity (Wildman–Crippen MR) is 62.4 cm³/mol. The van der Waals surface area contributed by atoms with Gasteiger partial charge in [0.1, 0.15) is 0 Å². The first kappa shape index (κ1) is 9.87. The van der Waals surface area contributed by atoms with Gasteiger partial charge in [0, 0.05) is 5.39 Å². The quantitative estimate of drug-likeness (QED) is 0.806. The van der Waals surface area contributed by atoms with Gasteiger partial charge in [0.05, 0.1) is 17.8 Å². The fraction of sp³-hybridized carbons (Fsp3) is 0.154. The summed E-state index contributed by atoms with van der Waals surface area (Å²) >= 11 is 0. The largest absolute Gasteiger partial charge is 0.392 e. The molecule has 2 nitrogen and oxygen atoms in total. The molecule has 0 atom stereocenters. The summed E-state index contributed by atoms with van der Waals surface area (Å²) < 4.78 is 0. The van der Waals surface area contributed by atoms with Crippen LogP contribution in [0.2, 0.25) is 0 Å². The Labute approximate surface area is 88.9 Å². The molecule has 0 aliphatic heterocycles. The number of aliphatic hydroxyl groups excluding tert-OH is 1. The van der Waals surface area contributed by atoms with E-state index in [1.54, 1.807) is 0 Å². The van der Waals surface area contributed by atoms with Gasteiger partial charge >= 0.3 is 0 Å². The molecule has 0 spiro atoms.